The molecule has 3 aromatic rings. The summed E-state index contributed by atoms with van der Waals surface area (Å²) < 4.78 is 41.2. The summed E-state index contributed by atoms with van der Waals surface area (Å²) in [7, 11) is -4.03. The van der Waals surface area contributed by atoms with E-state index in [-0.39, 0.29) is 18.1 Å². The number of benzene rings is 2. The van der Waals surface area contributed by atoms with Crippen LogP contribution in [0.5, 0.6) is 0 Å². The minimum Gasteiger partial charge on any atom is -0.345 e. The maximum Gasteiger partial charge on any atom is 0.264 e. The van der Waals surface area contributed by atoms with Gasteiger partial charge in [-0.1, -0.05) is 22.0 Å². The van der Waals surface area contributed by atoms with Crippen LogP contribution in [0.4, 0.5) is 10.1 Å². The van der Waals surface area contributed by atoms with Crippen LogP contribution in [-0.4, -0.2) is 18.4 Å². The Morgan fingerprint density at radius 2 is 2.00 bits per heavy atom. The topological polar surface area (TPSA) is 74.8 Å². The summed E-state index contributed by atoms with van der Waals surface area (Å²) in [6.07, 6.45) is 1.46. The SMILES string of the molecule is Cl.O=S(=O)(Nc1cccc2[nH]cnc12)c1ccc(Br)cc1F. The fourth-order valence-corrected chi connectivity index (χ4v) is 3.40. The molecule has 0 bridgehead atoms. The first kappa shape index (κ1) is 16.7. The summed E-state index contributed by atoms with van der Waals surface area (Å²) in [6, 6.07) is 8.77. The molecule has 3 rings (SSSR count). The molecule has 22 heavy (non-hydrogen) atoms. The standard InChI is InChI=1S/C13H9BrFN3O2S.ClH/c14-8-4-5-12(9(15)6-8)21(19,20)18-11-3-1-2-10-13(11)17-7-16-10;/h1-7,18H,(H,16,17);1H. The number of anilines is 1. The highest BCUT2D eigenvalue weighted by Crippen LogP contribution is 2.25. The number of halogens is 3. The number of hydrogen-bond acceptors (Lipinski definition) is 3. The Morgan fingerprint density at radius 1 is 1.23 bits per heavy atom. The minimum atomic E-state index is -4.03. The van der Waals surface area contributed by atoms with Gasteiger partial charge in [-0.3, -0.25) is 4.72 Å². The molecular weight excluding hydrogens is 397 g/mol. The number of nitrogens with zero attached hydrogens (tertiary/aromatic N) is 1. The summed E-state index contributed by atoms with van der Waals surface area (Å²) >= 11 is 3.09. The van der Waals surface area contributed by atoms with Gasteiger partial charge in [-0.25, -0.2) is 17.8 Å². The Labute approximate surface area is 140 Å². The maximum absolute atomic E-state index is 13.8. The molecule has 1 aromatic heterocycles. The van der Waals surface area contributed by atoms with E-state index in [9.17, 15) is 12.8 Å². The molecule has 0 aliphatic carbocycles. The van der Waals surface area contributed by atoms with Crippen LogP contribution in [0.1, 0.15) is 0 Å². The van der Waals surface area contributed by atoms with Crippen molar-refractivity contribution in [2.24, 2.45) is 0 Å². The third-order valence-electron chi connectivity index (χ3n) is 2.88. The number of aromatic nitrogens is 2. The second-order valence-electron chi connectivity index (χ2n) is 4.28. The van der Waals surface area contributed by atoms with E-state index in [0.717, 1.165) is 6.07 Å². The second kappa shape index (κ2) is 6.23. The number of imidazole rings is 1. The van der Waals surface area contributed by atoms with Crippen LogP contribution in [0.25, 0.3) is 11.0 Å². The Kier molecular flexibility index (Phi) is 4.74. The molecule has 2 N–H and O–H groups in total. The molecule has 0 saturated heterocycles. The van der Waals surface area contributed by atoms with E-state index in [1.165, 1.54) is 18.5 Å². The maximum atomic E-state index is 13.8. The van der Waals surface area contributed by atoms with Crippen molar-refractivity contribution in [2.75, 3.05) is 4.72 Å². The lowest BCUT2D eigenvalue weighted by atomic mass is 10.3. The van der Waals surface area contributed by atoms with Gasteiger partial charge in [0.1, 0.15) is 16.2 Å². The van der Waals surface area contributed by atoms with E-state index in [4.69, 9.17) is 0 Å². The van der Waals surface area contributed by atoms with Gasteiger partial charge in [0.05, 0.1) is 17.5 Å². The van der Waals surface area contributed by atoms with Gasteiger partial charge < -0.3 is 4.98 Å². The number of nitrogens with one attached hydrogen (secondary N) is 2. The Morgan fingerprint density at radius 3 is 2.73 bits per heavy atom. The van der Waals surface area contributed by atoms with Crippen LogP contribution in [-0.2, 0) is 10.0 Å². The lowest BCUT2D eigenvalue weighted by Gasteiger charge is -2.09. The quantitative estimate of drug-likeness (QED) is 0.696. The molecule has 116 valence electrons. The van der Waals surface area contributed by atoms with Crippen molar-refractivity contribution in [2.45, 2.75) is 4.90 Å². The fraction of sp³-hybridized carbons (Fsp3) is 0. The smallest absolute Gasteiger partial charge is 0.264 e. The Hall–Kier alpha value is -1.64. The van der Waals surface area contributed by atoms with Crippen molar-refractivity contribution >= 4 is 55.1 Å². The minimum absolute atomic E-state index is 0. The predicted molar refractivity (Wildman–Crippen MR) is 88.3 cm³/mol. The van der Waals surface area contributed by atoms with Gasteiger partial charge in [0, 0.05) is 4.47 Å². The lowest BCUT2D eigenvalue weighted by Crippen LogP contribution is -2.14. The van der Waals surface area contributed by atoms with Gasteiger partial charge in [-0.2, -0.15) is 0 Å². The molecule has 0 aliphatic rings. The third kappa shape index (κ3) is 3.08. The summed E-state index contributed by atoms with van der Waals surface area (Å²) in [5, 5.41) is 0. The van der Waals surface area contributed by atoms with Crippen molar-refractivity contribution in [3.05, 3.63) is 53.0 Å². The number of sulfonamides is 1. The first-order chi connectivity index (χ1) is 9.97. The first-order valence-corrected chi connectivity index (χ1v) is 8.15. The van der Waals surface area contributed by atoms with Gasteiger partial charge >= 0.3 is 0 Å². The number of rotatable bonds is 3. The van der Waals surface area contributed by atoms with E-state index in [1.54, 1.807) is 18.2 Å². The number of hydrogen-bond donors (Lipinski definition) is 2. The molecule has 0 unspecified atom stereocenters. The monoisotopic (exact) mass is 405 g/mol. The Bertz CT molecular complexity index is 930. The van der Waals surface area contributed by atoms with Crippen LogP contribution >= 0.6 is 28.3 Å². The molecule has 0 aliphatic heterocycles. The van der Waals surface area contributed by atoms with Crippen molar-refractivity contribution < 1.29 is 12.8 Å². The van der Waals surface area contributed by atoms with E-state index in [0.29, 0.717) is 15.5 Å². The van der Waals surface area contributed by atoms with Crippen LogP contribution < -0.4 is 4.72 Å². The molecule has 0 atom stereocenters. The largest absolute Gasteiger partial charge is 0.345 e. The van der Waals surface area contributed by atoms with Gasteiger partial charge in [0.25, 0.3) is 10.0 Å². The highest BCUT2D eigenvalue weighted by molar-refractivity contribution is 9.10. The van der Waals surface area contributed by atoms with Gasteiger partial charge in [-0.15, -0.1) is 12.4 Å². The molecule has 0 amide bonds. The molecule has 0 fully saturated rings. The number of fused-ring (bicyclic) bond motifs is 1. The zero-order valence-corrected chi connectivity index (χ0v) is 14.1. The molecule has 1 heterocycles. The predicted octanol–water partition coefficient (Wildman–Crippen LogP) is 3.69. The number of H-pyrrole nitrogens is 1. The van der Waals surface area contributed by atoms with Crippen LogP contribution in [0, 0.1) is 5.82 Å². The first-order valence-electron chi connectivity index (χ1n) is 5.87. The van der Waals surface area contributed by atoms with Gasteiger partial charge in [0.2, 0.25) is 0 Å². The van der Waals surface area contributed by atoms with Crippen molar-refractivity contribution in [1.82, 2.24) is 9.97 Å². The second-order valence-corrected chi connectivity index (χ2v) is 6.85. The summed E-state index contributed by atoms with van der Waals surface area (Å²) in [5.74, 6) is -0.828. The van der Waals surface area contributed by atoms with Crippen LogP contribution in [0.2, 0.25) is 0 Å². The third-order valence-corrected chi connectivity index (χ3v) is 4.77. The number of aromatic amines is 1. The van der Waals surface area contributed by atoms with E-state index in [1.807, 2.05) is 0 Å². The Balaban J connectivity index is 0.00000176. The van der Waals surface area contributed by atoms with E-state index < -0.39 is 20.7 Å². The van der Waals surface area contributed by atoms with Crippen LogP contribution in [0.15, 0.2) is 52.1 Å². The zero-order valence-electron chi connectivity index (χ0n) is 10.9. The van der Waals surface area contributed by atoms with Gasteiger partial charge in [0.15, 0.2) is 0 Å². The molecule has 0 saturated carbocycles. The molecular formula is C13H10BrClFN3O2S. The average Bonchev–Trinajstić information content (AvgIpc) is 2.87. The number of para-hydroxylation sites is 1. The highest BCUT2D eigenvalue weighted by atomic mass is 79.9. The molecule has 5 nitrogen and oxygen atoms in total. The van der Waals surface area contributed by atoms with Crippen molar-refractivity contribution in [1.29, 1.82) is 0 Å². The normalized spacial score (nSPS) is 11.2. The molecule has 0 radical (unpaired) electrons. The zero-order chi connectivity index (χ0) is 15.0. The summed E-state index contributed by atoms with van der Waals surface area (Å²) in [5.41, 5.74) is 1.45. The summed E-state index contributed by atoms with van der Waals surface area (Å²) in [4.78, 5) is 6.51. The fourth-order valence-electron chi connectivity index (χ4n) is 1.94. The van der Waals surface area contributed by atoms with E-state index in [2.05, 4.69) is 30.6 Å². The summed E-state index contributed by atoms with van der Waals surface area (Å²) in [6.45, 7) is 0. The highest BCUT2D eigenvalue weighted by Gasteiger charge is 2.20. The van der Waals surface area contributed by atoms with Crippen molar-refractivity contribution in [3.63, 3.8) is 0 Å². The lowest BCUT2D eigenvalue weighted by molar-refractivity contribution is 0.570. The molecule has 0 spiro atoms. The molecule has 2 aromatic carbocycles. The molecule has 9 heteroatoms. The van der Waals surface area contributed by atoms with Crippen LogP contribution in [0.3, 0.4) is 0 Å². The van der Waals surface area contributed by atoms with E-state index >= 15 is 0 Å². The van der Waals surface area contributed by atoms with Crippen molar-refractivity contribution in [3.8, 4) is 0 Å². The average molecular weight is 407 g/mol. The van der Waals surface area contributed by atoms with Gasteiger partial charge in [-0.05, 0) is 30.3 Å².